The number of methoxy groups -OCH3 is 1. The zero-order valence-electron chi connectivity index (χ0n) is 19.0. The van der Waals surface area contributed by atoms with Gasteiger partial charge in [-0.05, 0) is 47.0 Å². The maximum Gasteiger partial charge on any atom is 0.295 e. The molecular weight excluding hydrogens is 396 g/mol. The number of benzene rings is 1. The number of hydrogen-bond donors (Lipinski definition) is 1. The fourth-order valence-electron chi connectivity index (χ4n) is 4.13. The van der Waals surface area contributed by atoms with Gasteiger partial charge in [0.25, 0.3) is 11.7 Å². The molecule has 1 saturated heterocycles. The molecule has 2 heterocycles. The topological polar surface area (TPSA) is 87.9 Å². The van der Waals surface area contributed by atoms with E-state index < -0.39 is 17.7 Å². The second-order valence-electron chi connectivity index (χ2n) is 8.06. The average molecular weight is 427 g/mol. The SMILES string of the molecule is COc1ccccc1C1C(=C(O)c2c(C)nn(C)c2C)C(=O)C(=O)N1CCCN(C)C. The van der Waals surface area contributed by atoms with Crippen molar-refractivity contribution in [1.29, 1.82) is 0 Å². The van der Waals surface area contributed by atoms with Crippen molar-refractivity contribution in [3.63, 3.8) is 0 Å². The number of ether oxygens (including phenoxy) is 1. The molecule has 0 radical (unpaired) electrons. The van der Waals surface area contributed by atoms with E-state index in [1.807, 2.05) is 44.1 Å². The average Bonchev–Trinajstić information content (AvgIpc) is 3.13. The number of hydrogen-bond acceptors (Lipinski definition) is 6. The monoisotopic (exact) mass is 426 g/mol. The lowest BCUT2D eigenvalue weighted by molar-refractivity contribution is -0.140. The predicted molar refractivity (Wildman–Crippen MR) is 118 cm³/mol. The molecule has 1 aliphatic rings. The number of amides is 1. The van der Waals surface area contributed by atoms with Crippen LogP contribution in [0.15, 0.2) is 29.8 Å². The fraction of sp³-hybridized carbons (Fsp3) is 0.435. The summed E-state index contributed by atoms with van der Waals surface area (Å²) >= 11 is 0. The normalized spacial score (nSPS) is 18.3. The Morgan fingerprint density at radius 1 is 1.23 bits per heavy atom. The number of rotatable bonds is 7. The van der Waals surface area contributed by atoms with Gasteiger partial charge in [0.15, 0.2) is 0 Å². The van der Waals surface area contributed by atoms with E-state index in [0.29, 0.717) is 41.2 Å². The molecule has 0 aliphatic carbocycles. The largest absolute Gasteiger partial charge is 0.507 e. The Labute approximate surface area is 182 Å². The number of aliphatic hydroxyl groups is 1. The molecule has 0 saturated carbocycles. The van der Waals surface area contributed by atoms with Gasteiger partial charge in [0.2, 0.25) is 0 Å². The second-order valence-corrected chi connectivity index (χ2v) is 8.06. The molecule has 2 aromatic rings. The molecule has 3 rings (SSSR count). The molecule has 1 aromatic heterocycles. The molecule has 31 heavy (non-hydrogen) atoms. The zero-order chi connectivity index (χ0) is 22.9. The van der Waals surface area contributed by atoms with Crippen LogP contribution in [0.25, 0.3) is 5.76 Å². The molecule has 1 aliphatic heterocycles. The molecule has 1 fully saturated rings. The maximum atomic E-state index is 13.2. The summed E-state index contributed by atoms with van der Waals surface area (Å²) in [5.74, 6) is -0.957. The first-order valence-corrected chi connectivity index (χ1v) is 10.3. The Morgan fingerprint density at radius 3 is 2.48 bits per heavy atom. The first-order valence-electron chi connectivity index (χ1n) is 10.3. The highest BCUT2D eigenvalue weighted by atomic mass is 16.5. The van der Waals surface area contributed by atoms with Gasteiger partial charge in [0, 0.05) is 24.8 Å². The van der Waals surface area contributed by atoms with Crippen LogP contribution in [0.4, 0.5) is 0 Å². The summed E-state index contributed by atoms with van der Waals surface area (Å²) in [5, 5.41) is 15.6. The predicted octanol–water partition coefficient (Wildman–Crippen LogP) is 2.42. The fourth-order valence-corrected chi connectivity index (χ4v) is 4.13. The maximum absolute atomic E-state index is 13.2. The Bertz CT molecular complexity index is 1040. The molecule has 8 heteroatoms. The third-order valence-electron chi connectivity index (χ3n) is 5.72. The lowest BCUT2D eigenvalue weighted by Gasteiger charge is -2.27. The van der Waals surface area contributed by atoms with Crippen LogP contribution >= 0.6 is 0 Å². The quantitative estimate of drug-likeness (QED) is 0.416. The van der Waals surface area contributed by atoms with Gasteiger partial charge in [0.05, 0.1) is 30.0 Å². The van der Waals surface area contributed by atoms with Crippen LogP contribution in [0, 0.1) is 13.8 Å². The van der Waals surface area contributed by atoms with Crippen LogP contribution in [-0.4, -0.2) is 70.7 Å². The van der Waals surface area contributed by atoms with Crippen LogP contribution in [-0.2, 0) is 16.6 Å². The van der Waals surface area contributed by atoms with Crippen molar-refractivity contribution in [2.45, 2.75) is 26.3 Å². The zero-order valence-corrected chi connectivity index (χ0v) is 19.0. The van der Waals surface area contributed by atoms with Crippen molar-refractivity contribution in [3.8, 4) is 5.75 Å². The molecule has 166 valence electrons. The van der Waals surface area contributed by atoms with E-state index in [4.69, 9.17) is 4.74 Å². The van der Waals surface area contributed by atoms with Gasteiger partial charge in [-0.2, -0.15) is 5.10 Å². The smallest absolute Gasteiger partial charge is 0.295 e. The van der Waals surface area contributed by atoms with Crippen LogP contribution < -0.4 is 4.74 Å². The van der Waals surface area contributed by atoms with Gasteiger partial charge in [-0.25, -0.2) is 0 Å². The summed E-state index contributed by atoms with van der Waals surface area (Å²) < 4.78 is 7.17. The van der Waals surface area contributed by atoms with Crippen molar-refractivity contribution in [2.75, 3.05) is 34.3 Å². The van der Waals surface area contributed by atoms with E-state index in [-0.39, 0.29) is 11.3 Å². The van der Waals surface area contributed by atoms with Gasteiger partial charge in [-0.3, -0.25) is 14.3 Å². The molecule has 1 unspecified atom stereocenters. The van der Waals surface area contributed by atoms with Gasteiger partial charge in [-0.15, -0.1) is 0 Å². The van der Waals surface area contributed by atoms with E-state index in [9.17, 15) is 14.7 Å². The third kappa shape index (κ3) is 4.07. The van der Waals surface area contributed by atoms with Crippen LogP contribution in [0.3, 0.4) is 0 Å². The Balaban J connectivity index is 2.20. The second kappa shape index (κ2) is 8.93. The summed E-state index contributed by atoms with van der Waals surface area (Å²) in [6.45, 7) is 4.74. The molecule has 1 aromatic carbocycles. The molecule has 1 N–H and O–H groups in total. The van der Waals surface area contributed by atoms with Gasteiger partial charge < -0.3 is 19.6 Å². The van der Waals surface area contributed by atoms with E-state index >= 15 is 0 Å². The van der Waals surface area contributed by atoms with Crippen molar-refractivity contribution in [1.82, 2.24) is 19.6 Å². The third-order valence-corrected chi connectivity index (χ3v) is 5.72. The van der Waals surface area contributed by atoms with Gasteiger partial charge in [0.1, 0.15) is 11.5 Å². The van der Waals surface area contributed by atoms with Gasteiger partial charge in [-0.1, -0.05) is 18.2 Å². The number of para-hydroxylation sites is 1. The number of nitrogens with zero attached hydrogens (tertiary/aromatic N) is 4. The standard InChI is InChI=1S/C23H30N4O4/c1-14-18(15(2)26(5)24-14)21(28)19-20(16-10-7-8-11-17(16)31-6)27(23(30)22(19)29)13-9-12-25(3)4/h7-8,10-11,20,28H,9,12-13H2,1-6H3. The number of likely N-dealkylation sites (tertiary alicyclic amines) is 1. The summed E-state index contributed by atoms with van der Waals surface area (Å²) in [4.78, 5) is 29.8. The molecule has 1 amide bonds. The van der Waals surface area contributed by atoms with Crippen molar-refractivity contribution < 1.29 is 19.4 Å². The molecule has 0 spiro atoms. The summed E-state index contributed by atoms with van der Waals surface area (Å²) in [5.41, 5.74) is 2.52. The van der Waals surface area contributed by atoms with Crippen LogP contribution in [0.2, 0.25) is 0 Å². The highest BCUT2D eigenvalue weighted by Gasteiger charge is 2.47. The number of Topliss-reactive ketones (excluding diaryl/α,β-unsaturated/α-hetero) is 1. The Kier molecular flexibility index (Phi) is 6.50. The molecular formula is C23H30N4O4. The lowest BCUT2D eigenvalue weighted by atomic mass is 9.94. The minimum Gasteiger partial charge on any atom is -0.507 e. The highest BCUT2D eigenvalue weighted by Crippen LogP contribution is 2.43. The first-order chi connectivity index (χ1) is 14.7. The Morgan fingerprint density at radius 2 is 1.90 bits per heavy atom. The number of aryl methyl sites for hydroxylation is 2. The molecule has 8 nitrogen and oxygen atoms in total. The summed E-state index contributed by atoms with van der Waals surface area (Å²) in [6, 6.07) is 6.53. The van der Waals surface area contributed by atoms with Crippen LogP contribution in [0.5, 0.6) is 5.75 Å². The van der Waals surface area contributed by atoms with E-state index in [2.05, 4.69) is 5.10 Å². The minimum absolute atomic E-state index is 0.0681. The van der Waals surface area contributed by atoms with Crippen molar-refractivity contribution in [2.24, 2.45) is 7.05 Å². The van der Waals surface area contributed by atoms with Gasteiger partial charge >= 0.3 is 0 Å². The number of carbonyl (C=O) groups excluding carboxylic acids is 2. The summed E-state index contributed by atoms with van der Waals surface area (Å²) in [6.07, 6.45) is 0.691. The van der Waals surface area contributed by atoms with E-state index in [0.717, 1.165) is 6.54 Å². The van der Waals surface area contributed by atoms with Crippen LogP contribution in [0.1, 0.15) is 35.0 Å². The number of aliphatic hydroxyl groups excluding tert-OH is 1. The minimum atomic E-state index is -0.739. The van der Waals surface area contributed by atoms with E-state index in [1.165, 1.54) is 4.90 Å². The van der Waals surface area contributed by atoms with Crippen molar-refractivity contribution >= 4 is 17.4 Å². The first kappa shape index (κ1) is 22.6. The molecule has 1 atom stereocenters. The molecule has 0 bridgehead atoms. The lowest BCUT2D eigenvalue weighted by Crippen LogP contribution is -2.32. The Hall–Kier alpha value is -3.13. The van der Waals surface area contributed by atoms with E-state index in [1.54, 1.807) is 31.8 Å². The van der Waals surface area contributed by atoms with Crippen molar-refractivity contribution in [3.05, 3.63) is 52.4 Å². The number of ketones is 1. The number of aromatic nitrogens is 2. The highest BCUT2D eigenvalue weighted by molar-refractivity contribution is 6.46. The number of carbonyl (C=O) groups is 2. The summed E-state index contributed by atoms with van der Waals surface area (Å²) in [7, 11) is 7.24.